The van der Waals surface area contributed by atoms with Gasteiger partial charge in [-0.25, -0.2) is 0 Å². The van der Waals surface area contributed by atoms with Gasteiger partial charge in [-0.2, -0.15) is 0 Å². The van der Waals surface area contributed by atoms with Crippen LogP contribution in [0, 0.1) is 6.92 Å². The summed E-state index contributed by atoms with van der Waals surface area (Å²) in [5.74, 6) is -0.440. The lowest BCUT2D eigenvalue weighted by atomic mass is 10.1. The molecular weight excluding hydrogens is 266 g/mol. The van der Waals surface area contributed by atoms with Crippen molar-refractivity contribution in [3.05, 3.63) is 65.2 Å². The third-order valence-corrected chi connectivity index (χ3v) is 3.21. The monoisotopic (exact) mass is 285 g/mol. The maximum Gasteiger partial charge on any atom is 0.255 e. The van der Waals surface area contributed by atoms with Gasteiger partial charge in [0.15, 0.2) is 0 Å². The Bertz CT molecular complexity index is 611. The van der Waals surface area contributed by atoms with Gasteiger partial charge < -0.3 is 15.5 Å². The number of phenols is 1. The van der Waals surface area contributed by atoms with Gasteiger partial charge in [-0.3, -0.25) is 4.79 Å². The summed E-state index contributed by atoms with van der Waals surface area (Å²) in [5, 5.41) is 22.3. The third-order valence-electron chi connectivity index (χ3n) is 3.21. The van der Waals surface area contributed by atoms with Crippen LogP contribution < -0.4 is 5.32 Å². The first kappa shape index (κ1) is 15.1. The summed E-state index contributed by atoms with van der Waals surface area (Å²) >= 11 is 0. The van der Waals surface area contributed by atoms with Gasteiger partial charge in [0, 0.05) is 13.0 Å². The molecule has 2 aromatic rings. The molecule has 0 aliphatic carbocycles. The second kappa shape index (κ2) is 6.90. The van der Waals surface area contributed by atoms with E-state index in [2.05, 4.69) is 5.32 Å². The molecule has 0 aromatic heterocycles. The number of phenolic OH excluding ortho intramolecular Hbond substituents is 1. The van der Waals surface area contributed by atoms with E-state index >= 15 is 0 Å². The molecule has 0 aliphatic rings. The number of nitrogens with one attached hydrogen (secondary N) is 1. The summed E-state index contributed by atoms with van der Waals surface area (Å²) < 4.78 is 0. The predicted octanol–water partition coefficient (Wildman–Crippen LogP) is 2.03. The molecule has 0 bridgehead atoms. The highest BCUT2D eigenvalue weighted by Crippen LogP contribution is 2.18. The maximum atomic E-state index is 12.0. The van der Waals surface area contributed by atoms with Crippen molar-refractivity contribution < 1.29 is 15.0 Å². The van der Waals surface area contributed by atoms with E-state index in [-0.39, 0.29) is 23.8 Å². The second-order valence-electron chi connectivity index (χ2n) is 5.07. The molecule has 0 spiro atoms. The molecule has 3 N–H and O–H groups in total. The number of aromatic hydroxyl groups is 1. The number of carbonyl (C=O) groups excluding carboxylic acids is 1. The van der Waals surface area contributed by atoms with E-state index in [4.69, 9.17) is 0 Å². The van der Waals surface area contributed by atoms with Crippen LogP contribution in [-0.4, -0.2) is 28.8 Å². The Labute approximate surface area is 124 Å². The highest BCUT2D eigenvalue weighted by molar-refractivity contribution is 5.96. The Morgan fingerprint density at radius 2 is 1.90 bits per heavy atom. The Morgan fingerprint density at radius 3 is 2.57 bits per heavy atom. The quantitative estimate of drug-likeness (QED) is 0.787. The van der Waals surface area contributed by atoms with E-state index in [1.54, 1.807) is 12.1 Å². The van der Waals surface area contributed by atoms with E-state index in [9.17, 15) is 15.0 Å². The topological polar surface area (TPSA) is 69.6 Å². The fourth-order valence-electron chi connectivity index (χ4n) is 2.10. The molecule has 1 unspecified atom stereocenters. The minimum atomic E-state index is -0.663. The van der Waals surface area contributed by atoms with Gasteiger partial charge in [0.2, 0.25) is 0 Å². The number of carbonyl (C=O) groups is 1. The van der Waals surface area contributed by atoms with Crippen LogP contribution in [0.2, 0.25) is 0 Å². The van der Waals surface area contributed by atoms with Crippen molar-refractivity contribution in [1.29, 1.82) is 0 Å². The molecule has 2 aromatic carbocycles. The van der Waals surface area contributed by atoms with Gasteiger partial charge in [0.1, 0.15) is 5.75 Å². The van der Waals surface area contributed by atoms with Crippen molar-refractivity contribution in [3.63, 3.8) is 0 Å². The molecule has 4 nitrogen and oxygen atoms in total. The van der Waals surface area contributed by atoms with Crippen LogP contribution >= 0.6 is 0 Å². The van der Waals surface area contributed by atoms with Crippen molar-refractivity contribution in [2.45, 2.75) is 19.4 Å². The number of aliphatic hydroxyl groups is 1. The fraction of sp³-hybridized carbons (Fsp3) is 0.235. The normalized spacial score (nSPS) is 11.9. The number of aryl methyl sites for hydroxylation is 1. The molecular formula is C17H19NO3. The standard InChI is InChI=1S/C17H19NO3/c1-12-7-8-15(16(20)9-12)17(21)18-11-14(19)10-13-5-3-2-4-6-13/h2-9,14,19-20H,10-11H2,1H3,(H,18,21). The average Bonchev–Trinajstić information content (AvgIpc) is 2.46. The summed E-state index contributed by atoms with van der Waals surface area (Å²) in [7, 11) is 0. The zero-order valence-electron chi connectivity index (χ0n) is 11.9. The van der Waals surface area contributed by atoms with Crippen molar-refractivity contribution in [3.8, 4) is 5.75 Å². The van der Waals surface area contributed by atoms with Crippen LogP contribution in [0.3, 0.4) is 0 Å². The zero-order valence-corrected chi connectivity index (χ0v) is 11.9. The lowest BCUT2D eigenvalue weighted by molar-refractivity contribution is 0.0913. The number of hydrogen-bond donors (Lipinski definition) is 3. The van der Waals surface area contributed by atoms with Gasteiger partial charge >= 0.3 is 0 Å². The van der Waals surface area contributed by atoms with Crippen molar-refractivity contribution in [2.75, 3.05) is 6.54 Å². The van der Waals surface area contributed by atoms with E-state index in [0.29, 0.717) is 6.42 Å². The Morgan fingerprint density at radius 1 is 1.19 bits per heavy atom. The molecule has 0 heterocycles. The van der Waals surface area contributed by atoms with Crippen molar-refractivity contribution in [2.24, 2.45) is 0 Å². The Kier molecular flexibility index (Phi) is 4.95. The highest BCUT2D eigenvalue weighted by atomic mass is 16.3. The summed E-state index contributed by atoms with van der Waals surface area (Å²) in [6, 6.07) is 14.5. The number of aliphatic hydroxyl groups excluding tert-OH is 1. The summed E-state index contributed by atoms with van der Waals surface area (Å²) in [6.07, 6.45) is -0.190. The highest BCUT2D eigenvalue weighted by Gasteiger charge is 2.13. The Hall–Kier alpha value is -2.33. The molecule has 0 aliphatic heterocycles. The zero-order chi connectivity index (χ0) is 15.2. The minimum Gasteiger partial charge on any atom is -0.507 e. The number of amides is 1. The van der Waals surface area contributed by atoms with Crippen LogP contribution in [0.1, 0.15) is 21.5 Å². The van der Waals surface area contributed by atoms with E-state index < -0.39 is 6.10 Å². The lowest BCUT2D eigenvalue weighted by Gasteiger charge is -2.12. The van der Waals surface area contributed by atoms with E-state index in [1.807, 2.05) is 37.3 Å². The SMILES string of the molecule is Cc1ccc(C(=O)NCC(O)Cc2ccccc2)c(O)c1. The van der Waals surface area contributed by atoms with Crippen LogP contribution in [0.4, 0.5) is 0 Å². The molecule has 4 heteroatoms. The average molecular weight is 285 g/mol. The minimum absolute atomic E-state index is 0.0509. The number of benzene rings is 2. The summed E-state index contributed by atoms with van der Waals surface area (Å²) in [4.78, 5) is 12.0. The van der Waals surface area contributed by atoms with Crippen LogP contribution in [0.25, 0.3) is 0 Å². The van der Waals surface area contributed by atoms with E-state index in [0.717, 1.165) is 11.1 Å². The molecule has 0 saturated carbocycles. The van der Waals surface area contributed by atoms with Gasteiger partial charge in [-0.05, 0) is 30.2 Å². The first-order valence-corrected chi connectivity index (χ1v) is 6.86. The predicted molar refractivity (Wildman–Crippen MR) is 81.3 cm³/mol. The molecule has 0 saturated heterocycles. The van der Waals surface area contributed by atoms with E-state index in [1.165, 1.54) is 6.07 Å². The van der Waals surface area contributed by atoms with Gasteiger partial charge in [0.25, 0.3) is 5.91 Å². The smallest absolute Gasteiger partial charge is 0.255 e. The van der Waals surface area contributed by atoms with Crippen LogP contribution in [0.15, 0.2) is 48.5 Å². The Balaban J connectivity index is 1.89. The molecule has 0 fully saturated rings. The molecule has 110 valence electrons. The summed E-state index contributed by atoms with van der Waals surface area (Å²) in [6.45, 7) is 1.98. The second-order valence-corrected chi connectivity index (χ2v) is 5.07. The van der Waals surface area contributed by atoms with Gasteiger partial charge in [-0.15, -0.1) is 0 Å². The third kappa shape index (κ3) is 4.33. The molecule has 1 atom stereocenters. The largest absolute Gasteiger partial charge is 0.507 e. The van der Waals surface area contributed by atoms with Crippen molar-refractivity contribution >= 4 is 5.91 Å². The van der Waals surface area contributed by atoms with Crippen molar-refractivity contribution in [1.82, 2.24) is 5.32 Å². The first-order valence-electron chi connectivity index (χ1n) is 6.86. The molecule has 1 amide bonds. The maximum absolute atomic E-state index is 12.0. The lowest BCUT2D eigenvalue weighted by Crippen LogP contribution is -2.33. The number of hydrogen-bond acceptors (Lipinski definition) is 3. The van der Waals surface area contributed by atoms with Gasteiger partial charge in [-0.1, -0.05) is 36.4 Å². The van der Waals surface area contributed by atoms with Crippen LogP contribution in [-0.2, 0) is 6.42 Å². The number of rotatable bonds is 5. The fourth-order valence-corrected chi connectivity index (χ4v) is 2.10. The van der Waals surface area contributed by atoms with Gasteiger partial charge in [0.05, 0.1) is 11.7 Å². The molecule has 21 heavy (non-hydrogen) atoms. The molecule has 2 rings (SSSR count). The first-order chi connectivity index (χ1) is 10.1. The molecule has 0 radical (unpaired) electrons. The van der Waals surface area contributed by atoms with Crippen LogP contribution in [0.5, 0.6) is 5.75 Å². The summed E-state index contributed by atoms with van der Waals surface area (Å²) in [5.41, 5.74) is 2.11.